The molecule has 0 aromatic carbocycles. The maximum absolute atomic E-state index is 12.2. The number of nitrogens with one attached hydrogen (secondary N) is 2. The van der Waals surface area contributed by atoms with Crippen LogP contribution in [0.25, 0.3) is 0 Å². The third-order valence-corrected chi connectivity index (χ3v) is 5.28. The second-order valence-corrected chi connectivity index (χ2v) is 7.06. The molecule has 1 saturated carbocycles. The van der Waals surface area contributed by atoms with Crippen molar-refractivity contribution < 1.29 is 28.7 Å². The molecule has 0 unspecified atom stereocenters. The van der Waals surface area contributed by atoms with E-state index >= 15 is 0 Å². The molecule has 2 N–H and O–H groups in total. The van der Waals surface area contributed by atoms with Gasteiger partial charge in [0.1, 0.15) is 5.00 Å². The van der Waals surface area contributed by atoms with Gasteiger partial charge in [0.05, 0.1) is 23.0 Å². The topological polar surface area (TPSA) is 111 Å². The number of rotatable bonds is 7. The van der Waals surface area contributed by atoms with Gasteiger partial charge in [-0.2, -0.15) is 0 Å². The fourth-order valence-electron chi connectivity index (χ4n) is 2.44. The molecule has 142 valence electrons. The van der Waals surface area contributed by atoms with E-state index in [-0.39, 0.29) is 34.9 Å². The summed E-state index contributed by atoms with van der Waals surface area (Å²) in [5.41, 5.74) is 0.554. The second-order valence-electron chi connectivity index (χ2n) is 6.04. The summed E-state index contributed by atoms with van der Waals surface area (Å²) in [5.74, 6) is -1.82. The van der Waals surface area contributed by atoms with E-state index in [1.54, 1.807) is 13.8 Å². The van der Waals surface area contributed by atoms with Gasteiger partial charge in [-0.3, -0.25) is 14.4 Å². The number of esters is 2. The van der Waals surface area contributed by atoms with Gasteiger partial charge in [0.25, 0.3) is 11.8 Å². The van der Waals surface area contributed by atoms with Crippen molar-refractivity contribution in [3.05, 3.63) is 16.0 Å². The highest BCUT2D eigenvalue weighted by Gasteiger charge is 2.40. The number of thiophene rings is 1. The highest BCUT2D eigenvalue weighted by atomic mass is 32.1. The van der Waals surface area contributed by atoms with Gasteiger partial charge in [-0.25, -0.2) is 4.79 Å². The first-order valence-electron chi connectivity index (χ1n) is 8.29. The molecule has 0 aliphatic heterocycles. The molecule has 0 radical (unpaired) electrons. The van der Waals surface area contributed by atoms with Crippen LogP contribution in [0, 0.1) is 18.8 Å². The predicted molar refractivity (Wildman–Crippen MR) is 95.3 cm³/mol. The summed E-state index contributed by atoms with van der Waals surface area (Å²) in [5, 5.41) is 5.22. The van der Waals surface area contributed by atoms with Crippen molar-refractivity contribution in [2.24, 2.45) is 11.8 Å². The molecule has 1 heterocycles. The molecule has 0 spiro atoms. The first kappa shape index (κ1) is 19.9. The van der Waals surface area contributed by atoms with Gasteiger partial charge in [0.15, 0.2) is 6.61 Å². The molecule has 1 aromatic heterocycles. The van der Waals surface area contributed by atoms with Crippen LogP contribution in [-0.2, 0) is 19.1 Å². The molecule has 0 bridgehead atoms. The SMILES string of the molecule is CCOC(=O)c1c(NC(=O)COC(=O)[C@H]2C[C@H]2C)sc(C(=O)NC)c1C. The van der Waals surface area contributed by atoms with Gasteiger partial charge in [-0.05, 0) is 31.7 Å². The molecule has 1 aromatic rings. The summed E-state index contributed by atoms with van der Waals surface area (Å²) >= 11 is 0.969. The summed E-state index contributed by atoms with van der Waals surface area (Å²) in [6, 6.07) is 0. The van der Waals surface area contributed by atoms with E-state index in [0.29, 0.717) is 10.4 Å². The lowest BCUT2D eigenvalue weighted by Gasteiger charge is -2.07. The van der Waals surface area contributed by atoms with Crippen molar-refractivity contribution in [2.45, 2.75) is 27.2 Å². The largest absolute Gasteiger partial charge is 0.462 e. The lowest BCUT2D eigenvalue weighted by molar-refractivity contribution is -0.148. The van der Waals surface area contributed by atoms with E-state index in [0.717, 1.165) is 17.8 Å². The average Bonchev–Trinajstić information content (AvgIpc) is 3.24. The Bertz CT molecular complexity index is 742. The standard InChI is InChI=1S/C17H22N2O6S/c1-5-24-17(23)12-9(3)13(14(21)18-4)26-15(12)19-11(20)7-25-16(22)10-6-8(10)2/h8,10H,5-7H2,1-4H3,(H,18,21)(H,19,20)/t8-,10+/m1/s1. The van der Waals surface area contributed by atoms with E-state index in [1.807, 2.05) is 6.92 Å². The van der Waals surface area contributed by atoms with Crippen LogP contribution in [0.2, 0.25) is 0 Å². The molecule has 2 atom stereocenters. The van der Waals surface area contributed by atoms with E-state index in [1.165, 1.54) is 7.05 Å². The smallest absolute Gasteiger partial charge is 0.341 e. The zero-order chi connectivity index (χ0) is 19.4. The Hall–Kier alpha value is -2.42. The van der Waals surface area contributed by atoms with Crippen LogP contribution < -0.4 is 10.6 Å². The van der Waals surface area contributed by atoms with Crippen LogP contribution in [0.4, 0.5) is 5.00 Å². The van der Waals surface area contributed by atoms with Crippen molar-refractivity contribution >= 4 is 40.1 Å². The number of amides is 2. The molecular weight excluding hydrogens is 360 g/mol. The molecule has 8 nitrogen and oxygen atoms in total. The number of carbonyl (C=O) groups is 4. The van der Waals surface area contributed by atoms with Gasteiger partial charge >= 0.3 is 11.9 Å². The molecular formula is C17H22N2O6S. The minimum atomic E-state index is -0.629. The fourth-order valence-corrected chi connectivity index (χ4v) is 3.60. The lowest BCUT2D eigenvalue weighted by Crippen LogP contribution is -2.22. The van der Waals surface area contributed by atoms with Crippen LogP contribution in [0.5, 0.6) is 0 Å². The highest BCUT2D eigenvalue weighted by Crippen LogP contribution is 2.38. The molecule has 26 heavy (non-hydrogen) atoms. The highest BCUT2D eigenvalue weighted by molar-refractivity contribution is 7.18. The van der Waals surface area contributed by atoms with Gasteiger partial charge < -0.3 is 20.1 Å². The molecule has 9 heteroatoms. The number of hydrogen-bond acceptors (Lipinski definition) is 7. The maximum atomic E-state index is 12.2. The Balaban J connectivity index is 2.13. The number of ether oxygens (including phenoxy) is 2. The Kier molecular flexibility index (Phi) is 6.36. The second kappa shape index (κ2) is 8.31. The maximum Gasteiger partial charge on any atom is 0.341 e. The third kappa shape index (κ3) is 4.40. The molecule has 1 aliphatic carbocycles. The van der Waals surface area contributed by atoms with Crippen molar-refractivity contribution in [3.8, 4) is 0 Å². The number of anilines is 1. The van der Waals surface area contributed by atoms with Crippen LogP contribution in [0.15, 0.2) is 0 Å². The zero-order valence-electron chi connectivity index (χ0n) is 15.1. The van der Waals surface area contributed by atoms with Crippen molar-refractivity contribution in [1.29, 1.82) is 0 Å². The summed E-state index contributed by atoms with van der Waals surface area (Å²) in [6.07, 6.45) is 0.771. The Labute approximate surface area is 155 Å². The quantitative estimate of drug-likeness (QED) is 0.695. The molecule has 1 aliphatic rings. The van der Waals surface area contributed by atoms with Crippen molar-refractivity contribution in [1.82, 2.24) is 5.32 Å². The third-order valence-electron chi connectivity index (χ3n) is 4.07. The molecule has 0 saturated heterocycles. The van der Waals surface area contributed by atoms with Crippen molar-refractivity contribution in [3.63, 3.8) is 0 Å². The van der Waals surface area contributed by atoms with Gasteiger partial charge in [-0.1, -0.05) is 6.92 Å². The summed E-state index contributed by atoms with van der Waals surface area (Å²) in [7, 11) is 1.47. The van der Waals surface area contributed by atoms with Crippen LogP contribution >= 0.6 is 11.3 Å². The summed E-state index contributed by atoms with van der Waals surface area (Å²) in [4.78, 5) is 48.3. The van der Waals surface area contributed by atoms with Crippen molar-refractivity contribution in [2.75, 3.05) is 25.6 Å². The van der Waals surface area contributed by atoms with E-state index < -0.39 is 24.5 Å². The Morgan fingerprint density at radius 1 is 1.23 bits per heavy atom. The Morgan fingerprint density at radius 3 is 2.42 bits per heavy atom. The van der Waals surface area contributed by atoms with E-state index in [9.17, 15) is 19.2 Å². The van der Waals surface area contributed by atoms with Gasteiger partial charge in [0.2, 0.25) is 0 Å². The van der Waals surface area contributed by atoms with Gasteiger partial charge in [0, 0.05) is 7.05 Å². The summed E-state index contributed by atoms with van der Waals surface area (Å²) in [6.45, 7) is 4.92. The first-order chi connectivity index (χ1) is 12.3. The molecule has 2 amide bonds. The van der Waals surface area contributed by atoms with E-state index in [2.05, 4.69) is 10.6 Å². The molecule has 2 rings (SSSR count). The predicted octanol–water partition coefficient (Wildman–Crippen LogP) is 1.73. The van der Waals surface area contributed by atoms with Gasteiger partial charge in [-0.15, -0.1) is 11.3 Å². The average molecular weight is 382 g/mol. The fraction of sp³-hybridized carbons (Fsp3) is 0.529. The lowest BCUT2D eigenvalue weighted by atomic mass is 10.1. The number of hydrogen-bond donors (Lipinski definition) is 2. The Morgan fingerprint density at radius 2 is 1.88 bits per heavy atom. The minimum Gasteiger partial charge on any atom is -0.462 e. The minimum absolute atomic E-state index is 0.131. The van der Waals surface area contributed by atoms with Crippen LogP contribution in [0.1, 0.15) is 45.9 Å². The normalized spacial score (nSPS) is 18.0. The first-order valence-corrected chi connectivity index (χ1v) is 9.10. The van der Waals surface area contributed by atoms with Crippen LogP contribution in [0.3, 0.4) is 0 Å². The zero-order valence-corrected chi connectivity index (χ0v) is 16.0. The monoisotopic (exact) mass is 382 g/mol. The summed E-state index contributed by atoms with van der Waals surface area (Å²) < 4.78 is 9.99. The number of carbonyl (C=O) groups excluding carboxylic acids is 4. The van der Waals surface area contributed by atoms with E-state index in [4.69, 9.17) is 9.47 Å². The molecule has 1 fully saturated rings. The van der Waals surface area contributed by atoms with Crippen LogP contribution in [-0.4, -0.2) is 44.0 Å².